The van der Waals surface area contributed by atoms with Crippen LogP contribution in [0.1, 0.15) is 5.56 Å². The fourth-order valence-electron chi connectivity index (χ4n) is 1.73. The van der Waals surface area contributed by atoms with Crippen molar-refractivity contribution in [1.82, 2.24) is 4.90 Å². The van der Waals surface area contributed by atoms with Crippen molar-refractivity contribution in [2.24, 2.45) is 0 Å². The Morgan fingerprint density at radius 1 is 1.20 bits per heavy atom. The van der Waals surface area contributed by atoms with Gasteiger partial charge in [-0.1, -0.05) is 17.9 Å². The van der Waals surface area contributed by atoms with E-state index in [1.165, 1.54) is 12.0 Å². The number of hydrogen-bond donors (Lipinski definition) is 0. The molecular weight excluding hydrogens is 254 g/mol. The SMILES string of the molecule is COC(=O)N1C=CC=CC1C#Cc1ccc(OC)cc1. The first kappa shape index (κ1) is 13.8. The van der Waals surface area contributed by atoms with Crippen LogP contribution in [-0.2, 0) is 4.74 Å². The summed E-state index contributed by atoms with van der Waals surface area (Å²) in [5.41, 5.74) is 0.860. The van der Waals surface area contributed by atoms with Gasteiger partial charge in [0.15, 0.2) is 0 Å². The number of rotatable bonds is 1. The van der Waals surface area contributed by atoms with Crippen molar-refractivity contribution in [2.45, 2.75) is 6.04 Å². The minimum Gasteiger partial charge on any atom is -0.497 e. The largest absolute Gasteiger partial charge is 0.497 e. The third-order valence-corrected chi connectivity index (χ3v) is 2.79. The van der Waals surface area contributed by atoms with E-state index < -0.39 is 6.09 Å². The molecule has 102 valence electrons. The first-order valence-corrected chi connectivity index (χ1v) is 6.11. The van der Waals surface area contributed by atoms with E-state index >= 15 is 0 Å². The minimum absolute atomic E-state index is 0.324. The standard InChI is InChI=1S/C16H15NO3/c1-19-15-10-7-13(8-11-15)6-9-14-5-3-4-12-17(14)16(18)20-2/h3-5,7-8,10-12,14H,1-2H3. The van der Waals surface area contributed by atoms with Crippen molar-refractivity contribution < 1.29 is 14.3 Å². The van der Waals surface area contributed by atoms with Crippen molar-refractivity contribution in [3.05, 3.63) is 54.3 Å². The summed E-state index contributed by atoms with van der Waals surface area (Å²) in [6.45, 7) is 0. The highest BCUT2D eigenvalue weighted by Gasteiger charge is 2.19. The van der Waals surface area contributed by atoms with Gasteiger partial charge in [-0.25, -0.2) is 4.79 Å². The summed E-state index contributed by atoms with van der Waals surface area (Å²) >= 11 is 0. The van der Waals surface area contributed by atoms with Gasteiger partial charge in [-0.15, -0.1) is 0 Å². The number of ether oxygens (including phenoxy) is 2. The Morgan fingerprint density at radius 3 is 2.60 bits per heavy atom. The summed E-state index contributed by atoms with van der Waals surface area (Å²) in [6, 6.07) is 7.11. The minimum atomic E-state index is -0.431. The van der Waals surface area contributed by atoms with Crippen molar-refractivity contribution in [3.8, 4) is 17.6 Å². The molecule has 1 aliphatic rings. The molecule has 1 aliphatic heterocycles. The fraction of sp³-hybridized carbons (Fsp3) is 0.188. The Bertz CT molecular complexity index is 590. The van der Waals surface area contributed by atoms with Gasteiger partial charge in [0.2, 0.25) is 0 Å². The van der Waals surface area contributed by atoms with E-state index in [-0.39, 0.29) is 6.04 Å². The van der Waals surface area contributed by atoms with Gasteiger partial charge in [0.05, 0.1) is 14.2 Å². The monoisotopic (exact) mass is 269 g/mol. The smallest absolute Gasteiger partial charge is 0.414 e. The Kier molecular flexibility index (Phi) is 4.46. The Hall–Kier alpha value is -2.67. The molecule has 0 radical (unpaired) electrons. The van der Waals surface area contributed by atoms with Crippen molar-refractivity contribution in [1.29, 1.82) is 0 Å². The van der Waals surface area contributed by atoms with Crippen LogP contribution in [-0.4, -0.2) is 31.3 Å². The zero-order valence-corrected chi connectivity index (χ0v) is 11.4. The van der Waals surface area contributed by atoms with Crippen molar-refractivity contribution >= 4 is 6.09 Å². The molecule has 1 aromatic carbocycles. The van der Waals surface area contributed by atoms with Crippen LogP contribution in [0.2, 0.25) is 0 Å². The van der Waals surface area contributed by atoms with Gasteiger partial charge >= 0.3 is 6.09 Å². The number of hydrogen-bond acceptors (Lipinski definition) is 3. The molecule has 4 nitrogen and oxygen atoms in total. The van der Waals surface area contributed by atoms with E-state index in [4.69, 9.17) is 9.47 Å². The van der Waals surface area contributed by atoms with Gasteiger partial charge in [-0.2, -0.15) is 0 Å². The van der Waals surface area contributed by atoms with Crippen molar-refractivity contribution in [2.75, 3.05) is 14.2 Å². The molecule has 1 aromatic rings. The molecule has 0 spiro atoms. The maximum Gasteiger partial charge on any atom is 0.414 e. The molecule has 0 saturated carbocycles. The van der Waals surface area contributed by atoms with Crippen molar-refractivity contribution in [3.63, 3.8) is 0 Å². The number of amides is 1. The predicted octanol–water partition coefficient (Wildman–Crippen LogP) is 2.57. The highest BCUT2D eigenvalue weighted by atomic mass is 16.5. The van der Waals surface area contributed by atoms with E-state index in [1.54, 1.807) is 19.4 Å². The number of carbonyl (C=O) groups is 1. The summed E-state index contributed by atoms with van der Waals surface area (Å²) < 4.78 is 9.81. The van der Waals surface area contributed by atoms with Crippen LogP contribution in [0, 0.1) is 11.8 Å². The number of allylic oxidation sites excluding steroid dienone is 2. The van der Waals surface area contributed by atoms with Crippen LogP contribution in [0.5, 0.6) is 5.75 Å². The Morgan fingerprint density at radius 2 is 1.95 bits per heavy atom. The van der Waals surface area contributed by atoms with Gasteiger partial charge in [0, 0.05) is 11.8 Å². The zero-order valence-electron chi connectivity index (χ0n) is 11.4. The number of benzene rings is 1. The molecular formula is C16H15NO3. The molecule has 1 unspecified atom stereocenters. The zero-order chi connectivity index (χ0) is 14.4. The van der Waals surface area contributed by atoms with Crippen LogP contribution in [0.4, 0.5) is 4.79 Å². The van der Waals surface area contributed by atoms with E-state index in [1.807, 2.05) is 36.4 Å². The lowest BCUT2D eigenvalue weighted by Gasteiger charge is -2.22. The Labute approximate surface area is 118 Å². The summed E-state index contributed by atoms with van der Waals surface area (Å²) in [4.78, 5) is 13.0. The van der Waals surface area contributed by atoms with E-state index in [0.29, 0.717) is 0 Å². The highest BCUT2D eigenvalue weighted by molar-refractivity contribution is 5.70. The molecule has 1 heterocycles. The third kappa shape index (κ3) is 3.21. The predicted molar refractivity (Wildman–Crippen MR) is 76.2 cm³/mol. The second-order valence-electron chi connectivity index (χ2n) is 4.05. The lowest BCUT2D eigenvalue weighted by molar-refractivity contribution is 0.137. The molecule has 0 bridgehead atoms. The van der Waals surface area contributed by atoms with E-state index in [0.717, 1.165) is 11.3 Å². The molecule has 2 rings (SSSR count). The van der Waals surface area contributed by atoms with Crippen LogP contribution in [0.25, 0.3) is 0 Å². The second kappa shape index (κ2) is 6.48. The van der Waals surface area contributed by atoms with Crippen LogP contribution in [0.15, 0.2) is 48.7 Å². The summed E-state index contributed by atoms with van der Waals surface area (Å²) in [6.07, 6.45) is 6.68. The topological polar surface area (TPSA) is 38.8 Å². The van der Waals surface area contributed by atoms with Gasteiger partial charge in [0.1, 0.15) is 11.8 Å². The number of methoxy groups -OCH3 is 2. The average molecular weight is 269 g/mol. The molecule has 1 amide bonds. The average Bonchev–Trinajstić information content (AvgIpc) is 2.53. The fourth-order valence-corrected chi connectivity index (χ4v) is 1.73. The highest BCUT2D eigenvalue weighted by Crippen LogP contribution is 2.12. The Balaban J connectivity index is 2.15. The molecule has 0 N–H and O–H groups in total. The molecule has 20 heavy (non-hydrogen) atoms. The molecule has 4 heteroatoms. The quantitative estimate of drug-likeness (QED) is 0.735. The summed E-state index contributed by atoms with van der Waals surface area (Å²) in [7, 11) is 2.97. The molecule has 1 atom stereocenters. The first-order valence-electron chi connectivity index (χ1n) is 6.11. The van der Waals surface area contributed by atoms with Crippen LogP contribution < -0.4 is 4.74 Å². The van der Waals surface area contributed by atoms with Gasteiger partial charge in [-0.05, 0) is 36.4 Å². The number of nitrogens with zero attached hydrogens (tertiary/aromatic N) is 1. The normalized spacial score (nSPS) is 16.3. The van der Waals surface area contributed by atoms with Gasteiger partial charge in [0.25, 0.3) is 0 Å². The molecule has 0 aliphatic carbocycles. The molecule has 0 saturated heterocycles. The van der Waals surface area contributed by atoms with Gasteiger partial charge in [-0.3, -0.25) is 4.90 Å². The van der Waals surface area contributed by atoms with Crippen LogP contribution >= 0.6 is 0 Å². The third-order valence-electron chi connectivity index (χ3n) is 2.79. The van der Waals surface area contributed by atoms with E-state index in [9.17, 15) is 4.79 Å². The molecule has 0 aromatic heterocycles. The van der Waals surface area contributed by atoms with Gasteiger partial charge < -0.3 is 9.47 Å². The summed E-state index contributed by atoms with van der Waals surface area (Å²) in [5, 5.41) is 0. The molecule has 0 fully saturated rings. The second-order valence-corrected chi connectivity index (χ2v) is 4.05. The lowest BCUT2D eigenvalue weighted by atomic mass is 10.1. The maximum absolute atomic E-state index is 11.6. The van der Waals surface area contributed by atoms with Crippen LogP contribution in [0.3, 0.4) is 0 Å². The number of carbonyl (C=O) groups excluding carboxylic acids is 1. The first-order chi connectivity index (χ1) is 9.74. The maximum atomic E-state index is 11.6. The lowest BCUT2D eigenvalue weighted by Crippen LogP contribution is -2.35. The van der Waals surface area contributed by atoms with E-state index in [2.05, 4.69) is 11.8 Å². The summed E-state index contributed by atoms with van der Waals surface area (Å²) in [5.74, 6) is 6.86.